The average Bonchev–Trinajstić information content (AvgIpc) is 3.10. The van der Waals surface area contributed by atoms with Gasteiger partial charge in [-0.3, -0.25) is 14.5 Å². The zero-order valence-electron chi connectivity index (χ0n) is 15.6. The third-order valence-electron chi connectivity index (χ3n) is 4.62. The molecule has 0 heterocycles. The highest BCUT2D eigenvalue weighted by atomic mass is 16.5. The Morgan fingerprint density at radius 1 is 1.20 bits per heavy atom. The second-order valence-corrected chi connectivity index (χ2v) is 6.96. The summed E-state index contributed by atoms with van der Waals surface area (Å²) in [4.78, 5) is 26.5. The van der Waals surface area contributed by atoms with Gasteiger partial charge in [-0.2, -0.15) is 0 Å². The molecule has 1 saturated carbocycles. The number of anilines is 2. The first kappa shape index (κ1) is 19.2. The summed E-state index contributed by atoms with van der Waals surface area (Å²) in [5.41, 5.74) is 1.13. The first-order valence-corrected chi connectivity index (χ1v) is 8.89. The van der Waals surface area contributed by atoms with E-state index in [0.717, 1.165) is 12.8 Å². The van der Waals surface area contributed by atoms with Crippen LogP contribution in [0.25, 0.3) is 0 Å². The van der Waals surface area contributed by atoms with Crippen molar-refractivity contribution in [3.8, 4) is 5.75 Å². The van der Waals surface area contributed by atoms with Crippen LogP contribution in [0, 0.1) is 5.92 Å². The molecule has 0 radical (unpaired) electrons. The summed E-state index contributed by atoms with van der Waals surface area (Å²) in [6, 6.07) is 5.71. The molecule has 6 heteroatoms. The number of nitrogens with zero attached hydrogens (tertiary/aromatic N) is 1. The second-order valence-electron chi connectivity index (χ2n) is 6.96. The molecule has 1 aromatic rings. The highest BCUT2D eigenvalue weighted by molar-refractivity contribution is 6.00. The van der Waals surface area contributed by atoms with Crippen LogP contribution in [0.15, 0.2) is 18.2 Å². The third-order valence-corrected chi connectivity index (χ3v) is 4.62. The van der Waals surface area contributed by atoms with E-state index in [1.54, 1.807) is 25.3 Å². The maximum atomic E-state index is 12.4. The van der Waals surface area contributed by atoms with Crippen molar-refractivity contribution in [3.63, 3.8) is 0 Å². The van der Waals surface area contributed by atoms with E-state index >= 15 is 0 Å². The van der Waals surface area contributed by atoms with Crippen molar-refractivity contribution >= 4 is 23.2 Å². The summed E-state index contributed by atoms with van der Waals surface area (Å²) in [6.07, 6.45) is 4.77. The van der Waals surface area contributed by atoms with E-state index in [-0.39, 0.29) is 17.7 Å². The van der Waals surface area contributed by atoms with Gasteiger partial charge in [-0.1, -0.05) is 26.7 Å². The van der Waals surface area contributed by atoms with Crippen LogP contribution in [0.1, 0.15) is 39.5 Å². The second kappa shape index (κ2) is 8.85. The van der Waals surface area contributed by atoms with Gasteiger partial charge in [0.25, 0.3) is 0 Å². The van der Waals surface area contributed by atoms with E-state index in [0.29, 0.717) is 29.7 Å². The van der Waals surface area contributed by atoms with Crippen molar-refractivity contribution in [2.24, 2.45) is 5.92 Å². The zero-order chi connectivity index (χ0) is 18.4. The molecule has 2 amide bonds. The number of carbonyl (C=O) groups is 2. The number of likely N-dealkylation sites (N-methyl/N-ethyl adjacent to an activating group) is 1. The molecule has 0 spiro atoms. The molecule has 0 bridgehead atoms. The van der Waals surface area contributed by atoms with Gasteiger partial charge in [0.2, 0.25) is 11.8 Å². The van der Waals surface area contributed by atoms with Gasteiger partial charge in [-0.25, -0.2) is 0 Å². The van der Waals surface area contributed by atoms with Crippen LogP contribution in [0.5, 0.6) is 5.75 Å². The molecular formula is C19H29N3O3. The van der Waals surface area contributed by atoms with Gasteiger partial charge in [0.1, 0.15) is 5.75 Å². The van der Waals surface area contributed by atoms with Gasteiger partial charge in [0.15, 0.2) is 0 Å². The minimum atomic E-state index is -0.140. The van der Waals surface area contributed by atoms with Crippen molar-refractivity contribution < 1.29 is 14.3 Å². The minimum absolute atomic E-state index is 0.0938. The number of benzene rings is 1. The van der Waals surface area contributed by atoms with Crippen LogP contribution in [-0.4, -0.2) is 43.5 Å². The Morgan fingerprint density at radius 3 is 2.48 bits per heavy atom. The number of hydrogen-bond acceptors (Lipinski definition) is 4. The fraction of sp³-hybridized carbons (Fsp3) is 0.579. The Bertz CT molecular complexity index is 610. The first-order chi connectivity index (χ1) is 11.9. The third kappa shape index (κ3) is 5.46. The van der Waals surface area contributed by atoms with Gasteiger partial charge >= 0.3 is 0 Å². The number of amides is 2. The van der Waals surface area contributed by atoms with Crippen molar-refractivity contribution in [2.45, 2.75) is 45.6 Å². The molecule has 1 aliphatic rings. The summed E-state index contributed by atoms with van der Waals surface area (Å²) < 4.78 is 5.23. The summed E-state index contributed by atoms with van der Waals surface area (Å²) in [7, 11) is 3.56. The maximum absolute atomic E-state index is 12.4. The van der Waals surface area contributed by atoms with E-state index < -0.39 is 0 Å². The molecule has 2 N–H and O–H groups in total. The zero-order valence-corrected chi connectivity index (χ0v) is 15.6. The number of rotatable bonds is 7. The lowest BCUT2D eigenvalue weighted by Gasteiger charge is -2.23. The van der Waals surface area contributed by atoms with E-state index in [1.165, 1.54) is 12.8 Å². The molecule has 0 unspecified atom stereocenters. The Kier molecular flexibility index (Phi) is 6.82. The van der Waals surface area contributed by atoms with Crippen LogP contribution in [0.3, 0.4) is 0 Å². The summed E-state index contributed by atoms with van der Waals surface area (Å²) in [5.74, 6) is 0.299. The Labute approximate surface area is 149 Å². The van der Waals surface area contributed by atoms with E-state index in [9.17, 15) is 9.59 Å². The molecule has 6 nitrogen and oxygen atoms in total. The SMILES string of the molecule is COc1ccc(NC(=O)C(C)C)c(NC(=O)CN(C)C2CCCC2)c1. The summed E-state index contributed by atoms with van der Waals surface area (Å²) in [6.45, 7) is 3.99. The Hall–Kier alpha value is -2.08. The highest BCUT2D eigenvalue weighted by Gasteiger charge is 2.21. The van der Waals surface area contributed by atoms with Gasteiger partial charge in [-0.05, 0) is 32.0 Å². The van der Waals surface area contributed by atoms with Crippen molar-refractivity contribution in [1.82, 2.24) is 4.90 Å². The van der Waals surface area contributed by atoms with E-state index in [4.69, 9.17) is 4.74 Å². The lowest BCUT2D eigenvalue weighted by Crippen LogP contribution is -2.36. The van der Waals surface area contributed by atoms with Crippen LogP contribution in [-0.2, 0) is 9.59 Å². The Morgan fingerprint density at radius 2 is 1.88 bits per heavy atom. The standard InChI is InChI=1S/C19H29N3O3/c1-13(2)19(24)21-16-10-9-15(25-4)11-17(16)20-18(23)12-22(3)14-7-5-6-8-14/h9-11,13-14H,5-8,12H2,1-4H3,(H,20,23)(H,21,24). The van der Waals surface area contributed by atoms with Gasteiger partial charge in [0.05, 0.1) is 25.0 Å². The molecule has 2 rings (SSSR count). The van der Waals surface area contributed by atoms with E-state index in [1.807, 2.05) is 20.9 Å². The highest BCUT2D eigenvalue weighted by Crippen LogP contribution is 2.28. The van der Waals surface area contributed by atoms with Crippen LogP contribution < -0.4 is 15.4 Å². The van der Waals surface area contributed by atoms with Crippen LogP contribution in [0.2, 0.25) is 0 Å². The number of nitrogens with one attached hydrogen (secondary N) is 2. The molecule has 0 aromatic heterocycles. The maximum Gasteiger partial charge on any atom is 0.238 e. The smallest absolute Gasteiger partial charge is 0.238 e. The number of ether oxygens (including phenoxy) is 1. The minimum Gasteiger partial charge on any atom is -0.497 e. The molecule has 138 valence electrons. The molecule has 0 atom stereocenters. The molecule has 1 fully saturated rings. The topological polar surface area (TPSA) is 70.7 Å². The molecule has 25 heavy (non-hydrogen) atoms. The summed E-state index contributed by atoms with van der Waals surface area (Å²) >= 11 is 0. The first-order valence-electron chi connectivity index (χ1n) is 8.89. The van der Waals surface area contributed by atoms with Crippen LogP contribution >= 0.6 is 0 Å². The van der Waals surface area contributed by atoms with Crippen LogP contribution in [0.4, 0.5) is 11.4 Å². The molecule has 1 aromatic carbocycles. The van der Waals surface area contributed by atoms with E-state index in [2.05, 4.69) is 15.5 Å². The van der Waals surface area contributed by atoms with Crippen molar-refractivity contribution in [2.75, 3.05) is 31.3 Å². The van der Waals surface area contributed by atoms with Crippen molar-refractivity contribution in [3.05, 3.63) is 18.2 Å². The van der Waals surface area contributed by atoms with Gasteiger partial charge in [0, 0.05) is 18.0 Å². The fourth-order valence-electron chi connectivity index (χ4n) is 3.03. The lowest BCUT2D eigenvalue weighted by atomic mass is 10.2. The molecule has 1 aliphatic carbocycles. The largest absolute Gasteiger partial charge is 0.497 e. The van der Waals surface area contributed by atoms with Crippen molar-refractivity contribution in [1.29, 1.82) is 0 Å². The number of methoxy groups -OCH3 is 1. The van der Waals surface area contributed by atoms with Gasteiger partial charge < -0.3 is 15.4 Å². The quantitative estimate of drug-likeness (QED) is 0.795. The monoisotopic (exact) mass is 347 g/mol. The predicted molar refractivity (Wildman–Crippen MR) is 100.0 cm³/mol. The molecular weight excluding hydrogens is 318 g/mol. The number of hydrogen-bond donors (Lipinski definition) is 2. The number of carbonyl (C=O) groups excluding carboxylic acids is 2. The van der Waals surface area contributed by atoms with Gasteiger partial charge in [-0.15, -0.1) is 0 Å². The Balaban J connectivity index is 2.07. The predicted octanol–water partition coefficient (Wildman–Crippen LogP) is 3.10. The fourth-order valence-corrected chi connectivity index (χ4v) is 3.03. The summed E-state index contributed by atoms with van der Waals surface area (Å²) in [5, 5.41) is 5.76. The average molecular weight is 347 g/mol. The normalized spacial score (nSPS) is 14.8. The lowest BCUT2D eigenvalue weighted by molar-refractivity contribution is -0.119. The molecule has 0 saturated heterocycles. The molecule has 0 aliphatic heterocycles.